The quantitative estimate of drug-likeness (QED) is 0.421. The van der Waals surface area contributed by atoms with Gasteiger partial charge in [-0.1, -0.05) is 61.5 Å². The third kappa shape index (κ3) is 2.80. The van der Waals surface area contributed by atoms with Crippen molar-refractivity contribution in [3.8, 4) is 0 Å². The summed E-state index contributed by atoms with van der Waals surface area (Å²) in [5.74, 6) is 1.26. The molecule has 4 aliphatic heterocycles. The predicted molar refractivity (Wildman–Crippen MR) is 150 cm³/mol. The first kappa shape index (κ1) is 22.0. The molecule has 6 atom stereocenters. The zero-order valence-electron chi connectivity index (χ0n) is 22.4. The van der Waals surface area contributed by atoms with E-state index in [0.717, 1.165) is 18.1 Å². The number of fused-ring (bicyclic) bond motifs is 4. The minimum atomic E-state index is -0.0338. The predicted octanol–water partition coefficient (Wildman–Crippen LogP) is 8.08. The summed E-state index contributed by atoms with van der Waals surface area (Å²) in [6.07, 6.45) is 21.3. The molecule has 2 spiro atoms. The van der Waals surface area contributed by atoms with Crippen LogP contribution in [-0.4, -0.2) is 34.2 Å². The maximum absolute atomic E-state index is 7.63. The van der Waals surface area contributed by atoms with Gasteiger partial charge in [-0.15, -0.1) is 0 Å². The molecule has 2 saturated carbocycles. The molecule has 2 aromatic rings. The zero-order chi connectivity index (χ0) is 24.4. The van der Waals surface area contributed by atoms with E-state index in [-0.39, 0.29) is 16.6 Å². The lowest BCUT2D eigenvalue weighted by Crippen LogP contribution is -2.55. The first-order valence-electron chi connectivity index (χ1n) is 15.5. The molecule has 3 aliphatic carbocycles. The van der Waals surface area contributed by atoms with Gasteiger partial charge in [0, 0.05) is 18.1 Å². The van der Waals surface area contributed by atoms with E-state index in [0.29, 0.717) is 11.8 Å². The molecule has 192 valence electrons. The van der Waals surface area contributed by atoms with Crippen LogP contribution in [0.1, 0.15) is 95.5 Å². The van der Waals surface area contributed by atoms with Crippen molar-refractivity contribution in [2.24, 2.45) is 11.3 Å². The van der Waals surface area contributed by atoms with Crippen LogP contribution in [0.25, 0.3) is 10.8 Å². The highest BCUT2D eigenvalue weighted by molar-refractivity contribution is 5.83. The Morgan fingerprint density at radius 2 is 1.65 bits per heavy atom. The van der Waals surface area contributed by atoms with Crippen LogP contribution < -0.4 is 0 Å². The van der Waals surface area contributed by atoms with Gasteiger partial charge in [-0.05, 0) is 122 Å². The van der Waals surface area contributed by atoms with Gasteiger partial charge in [0.25, 0.3) is 0 Å². The minimum Gasteiger partial charge on any atom is -0.359 e. The largest absolute Gasteiger partial charge is 0.359 e. The lowest BCUT2D eigenvalue weighted by Gasteiger charge is -2.55. The Labute approximate surface area is 222 Å². The molecule has 1 unspecified atom stereocenters. The number of hydrogen-bond acceptors (Lipinski definition) is 2. The van der Waals surface area contributed by atoms with Gasteiger partial charge in [-0.3, -0.25) is 4.90 Å². The molecule has 0 aromatic heterocycles. The van der Waals surface area contributed by atoms with Crippen LogP contribution in [0.15, 0.2) is 65.8 Å². The summed E-state index contributed by atoms with van der Waals surface area (Å²) in [6.45, 7) is 2.62. The van der Waals surface area contributed by atoms with E-state index >= 15 is 0 Å². The van der Waals surface area contributed by atoms with Crippen molar-refractivity contribution in [2.75, 3.05) is 0 Å². The molecule has 0 N–H and O–H groups in total. The maximum atomic E-state index is 7.63. The number of nitrogens with zero attached hydrogens (tertiary/aromatic N) is 1. The molecule has 37 heavy (non-hydrogen) atoms. The standard InChI is InChI=1S/C35H41NO/c1-33-17-16-27-21-26-8-9-30(36-28-10-11-29(36)13-12-28)22-34(26)18-19-35(27,37-34)32(33)15-14-31(33)25-7-6-23-4-2-3-5-24(23)20-25/h2-7,16,20-21,28-32H,8-15,17-19,22H2,1H3/t28?,29?,30-,31-,32-,33-,34?,35-/m1/s1. The fourth-order valence-corrected chi connectivity index (χ4v) is 11.2. The van der Waals surface area contributed by atoms with Crippen molar-refractivity contribution < 1.29 is 4.74 Å². The van der Waals surface area contributed by atoms with Gasteiger partial charge >= 0.3 is 0 Å². The Morgan fingerprint density at radius 3 is 2.49 bits per heavy atom. The third-order valence-electron chi connectivity index (χ3n) is 12.8. The average molecular weight is 492 g/mol. The topological polar surface area (TPSA) is 12.5 Å². The molecule has 2 aromatic carbocycles. The smallest absolute Gasteiger partial charge is 0.0974 e. The summed E-state index contributed by atoms with van der Waals surface area (Å²) >= 11 is 0. The lowest BCUT2D eigenvalue weighted by atomic mass is 9.58. The van der Waals surface area contributed by atoms with Crippen molar-refractivity contribution in [2.45, 2.75) is 119 Å². The normalized spacial score (nSPS) is 45.9. The summed E-state index contributed by atoms with van der Waals surface area (Å²) in [7, 11) is 0. The molecule has 0 amide bonds. The Kier molecular flexibility index (Phi) is 4.39. The first-order chi connectivity index (χ1) is 18.1. The van der Waals surface area contributed by atoms with Gasteiger partial charge in [0.15, 0.2) is 0 Å². The van der Waals surface area contributed by atoms with Crippen LogP contribution in [0, 0.1) is 11.3 Å². The van der Waals surface area contributed by atoms with Crippen LogP contribution in [0.5, 0.6) is 0 Å². The summed E-state index contributed by atoms with van der Waals surface area (Å²) in [4.78, 5) is 2.99. The summed E-state index contributed by atoms with van der Waals surface area (Å²) in [5.41, 5.74) is 5.05. The number of hydrogen-bond donors (Lipinski definition) is 0. The summed E-state index contributed by atoms with van der Waals surface area (Å²) < 4.78 is 7.63. The van der Waals surface area contributed by atoms with Crippen molar-refractivity contribution >= 4 is 10.8 Å². The Bertz CT molecular complexity index is 1340. The highest BCUT2D eigenvalue weighted by atomic mass is 16.5. The monoisotopic (exact) mass is 491 g/mol. The third-order valence-corrected chi connectivity index (χ3v) is 12.8. The molecule has 4 bridgehead atoms. The zero-order valence-corrected chi connectivity index (χ0v) is 22.4. The Balaban J connectivity index is 1.06. The van der Waals surface area contributed by atoms with Crippen LogP contribution >= 0.6 is 0 Å². The van der Waals surface area contributed by atoms with Gasteiger partial charge < -0.3 is 4.74 Å². The molecule has 2 heteroatoms. The van der Waals surface area contributed by atoms with Gasteiger partial charge in [-0.25, -0.2) is 0 Å². The fourth-order valence-electron chi connectivity index (χ4n) is 11.2. The number of rotatable bonds is 2. The van der Waals surface area contributed by atoms with E-state index in [2.05, 4.69) is 66.4 Å². The molecule has 5 fully saturated rings. The van der Waals surface area contributed by atoms with Crippen LogP contribution in [-0.2, 0) is 4.74 Å². The van der Waals surface area contributed by atoms with Gasteiger partial charge in [-0.2, -0.15) is 0 Å². The van der Waals surface area contributed by atoms with Crippen LogP contribution in [0.3, 0.4) is 0 Å². The van der Waals surface area contributed by atoms with E-state index in [9.17, 15) is 0 Å². The van der Waals surface area contributed by atoms with Crippen molar-refractivity contribution in [1.82, 2.24) is 4.90 Å². The Hall–Kier alpha value is -1.90. The van der Waals surface area contributed by atoms with Crippen molar-refractivity contribution in [1.29, 1.82) is 0 Å². The SMILES string of the molecule is C[C@]12CC=C3C=C4CC[C@@H](N5C6CCC5CC6)CC45CC[C@]3(O5)[C@@H]1CC[C@@H]2c1ccc2ccccc2c1. The second kappa shape index (κ2) is 7.39. The number of benzene rings is 2. The highest BCUT2D eigenvalue weighted by Crippen LogP contribution is 2.69. The molecule has 3 saturated heterocycles. The van der Waals surface area contributed by atoms with E-state index < -0.39 is 0 Å². The van der Waals surface area contributed by atoms with Crippen LogP contribution in [0.2, 0.25) is 0 Å². The van der Waals surface area contributed by atoms with Crippen LogP contribution in [0.4, 0.5) is 0 Å². The Morgan fingerprint density at radius 1 is 0.838 bits per heavy atom. The van der Waals surface area contributed by atoms with E-state index in [1.165, 1.54) is 87.8 Å². The minimum absolute atomic E-state index is 0.0293. The van der Waals surface area contributed by atoms with E-state index in [1.807, 2.05) is 0 Å². The molecule has 0 radical (unpaired) electrons. The number of ether oxygens (including phenoxy) is 1. The molecular formula is C35H41NO. The maximum Gasteiger partial charge on any atom is 0.0974 e. The lowest BCUT2D eigenvalue weighted by molar-refractivity contribution is -0.141. The average Bonchev–Trinajstić information content (AvgIpc) is 3.68. The highest BCUT2D eigenvalue weighted by Gasteiger charge is 2.67. The second-order valence-corrected chi connectivity index (χ2v) is 14.1. The van der Waals surface area contributed by atoms with E-state index in [4.69, 9.17) is 4.74 Å². The molecule has 9 rings (SSSR count). The van der Waals surface area contributed by atoms with Gasteiger partial charge in [0.2, 0.25) is 0 Å². The summed E-state index contributed by atoms with van der Waals surface area (Å²) in [5, 5.41) is 2.75. The number of allylic oxidation sites excluding steroid dienone is 1. The fraction of sp³-hybridized carbons (Fsp3) is 0.600. The van der Waals surface area contributed by atoms with Gasteiger partial charge in [0.1, 0.15) is 0 Å². The molecule has 4 heterocycles. The molecule has 7 aliphatic rings. The van der Waals surface area contributed by atoms with Gasteiger partial charge in [0.05, 0.1) is 11.2 Å². The van der Waals surface area contributed by atoms with Crippen molar-refractivity contribution in [3.63, 3.8) is 0 Å². The molecule has 2 nitrogen and oxygen atoms in total. The first-order valence-corrected chi connectivity index (χ1v) is 15.5. The molecular weight excluding hydrogens is 450 g/mol. The summed E-state index contributed by atoms with van der Waals surface area (Å²) in [6, 6.07) is 18.7. The second-order valence-electron chi connectivity index (χ2n) is 14.1. The van der Waals surface area contributed by atoms with E-state index in [1.54, 1.807) is 16.7 Å². The van der Waals surface area contributed by atoms with Crippen molar-refractivity contribution in [3.05, 3.63) is 71.3 Å².